The third-order valence-electron chi connectivity index (χ3n) is 5.23. The van der Waals surface area contributed by atoms with E-state index in [1.165, 1.54) is 33.5 Å². The molecule has 2 heterocycles. The smallest absolute Gasteiger partial charge is 0.262 e. The van der Waals surface area contributed by atoms with Crippen LogP contribution in [0.15, 0.2) is 35.2 Å². The summed E-state index contributed by atoms with van der Waals surface area (Å²) in [6.45, 7) is 1.83. The normalized spacial score (nSPS) is 17.0. The lowest BCUT2D eigenvalue weighted by Gasteiger charge is -2.34. The van der Waals surface area contributed by atoms with Crippen LogP contribution in [0.1, 0.15) is 15.9 Å². The maximum Gasteiger partial charge on any atom is 0.262 e. The zero-order valence-electron chi connectivity index (χ0n) is 16.5. The molecule has 2 amide bonds. The fourth-order valence-corrected chi connectivity index (χ4v) is 5.40. The average Bonchev–Trinajstić information content (AvgIpc) is 2.74. The zero-order valence-corrected chi connectivity index (χ0v) is 18.1. The number of carbonyl (C=O) groups is 2. The second-order valence-corrected chi connectivity index (χ2v) is 9.59. The molecule has 8 nitrogen and oxygen atoms in total. The van der Waals surface area contributed by atoms with Crippen molar-refractivity contribution in [1.29, 1.82) is 0 Å². The number of halogens is 2. The number of aryl methyl sites for hydroxylation is 1. The van der Waals surface area contributed by atoms with Gasteiger partial charge in [0.2, 0.25) is 10.0 Å². The highest BCUT2D eigenvalue weighted by molar-refractivity contribution is 7.89. The maximum absolute atomic E-state index is 13.8. The number of benzene rings is 2. The highest BCUT2D eigenvalue weighted by atomic mass is 35.5. The quantitative estimate of drug-likeness (QED) is 0.747. The Bertz CT molecular complexity index is 1180. The molecule has 0 bridgehead atoms. The SMILES string of the molecule is Cc1ccc(C(=O)N2CCN(S(=O)(=O)c3cc4c(cc3Cl)NC(=O)CO4)CC2)cc1F. The van der Waals surface area contributed by atoms with Crippen molar-refractivity contribution in [2.75, 3.05) is 38.1 Å². The predicted octanol–water partition coefficient (Wildman–Crippen LogP) is 2.27. The van der Waals surface area contributed by atoms with Gasteiger partial charge in [-0.25, -0.2) is 12.8 Å². The summed E-state index contributed by atoms with van der Waals surface area (Å²) in [5, 5.41) is 2.53. The van der Waals surface area contributed by atoms with Crippen molar-refractivity contribution in [3.8, 4) is 5.75 Å². The summed E-state index contributed by atoms with van der Waals surface area (Å²) in [5.74, 6) is -0.953. The molecule has 0 spiro atoms. The van der Waals surface area contributed by atoms with Crippen molar-refractivity contribution in [3.05, 3.63) is 52.3 Å². The Labute approximate surface area is 183 Å². The number of amides is 2. The van der Waals surface area contributed by atoms with Gasteiger partial charge in [-0.1, -0.05) is 17.7 Å². The molecule has 0 atom stereocenters. The van der Waals surface area contributed by atoms with Crippen LogP contribution in [-0.4, -0.2) is 62.2 Å². The van der Waals surface area contributed by atoms with Gasteiger partial charge in [0.25, 0.3) is 11.8 Å². The maximum atomic E-state index is 13.8. The van der Waals surface area contributed by atoms with Gasteiger partial charge in [0.15, 0.2) is 6.61 Å². The predicted molar refractivity (Wildman–Crippen MR) is 111 cm³/mol. The topological polar surface area (TPSA) is 96.0 Å². The monoisotopic (exact) mass is 467 g/mol. The van der Waals surface area contributed by atoms with Gasteiger partial charge in [-0.3, -0.25) is 9.59 Å². The lowest BCUT2D eigenvalue weighted by molar-refractivity contribution is -0.118. The first-order valence-electron chi connectivity index (χ1n) is 9.48. The summed E-state index contributed by atoms with van der Waals surface area (Å²) >= 11 is 6.19. The number of hydrogen-bond acceptors (Lipinski definition) is 5. The van der Waals surface area contributed by atoms with Crippen molar-refractivity contribution >= 4 is 39.1 Å². The Hall–Kier alpha value is -2.69. The Kier molecular flexibility index (Phi) is 5.63. The minimum Gasteiger partial charge on any atom is -0.482 e. The van der Waals surface area contributed by atoms with Crippen LogP contribution in [0, 0.1) is 12.7 Å². The lowest BCUT2D eigenvalue weighted by atomic mass is 10.1. The van der Waals surface area contributed by atoms with Crippen molar-refractivity contribution in [2.45, 2.75) is 11.8 Å². The number of rotatable bonds is 3. The highest BCUT2D eigenvalue weighted by Crippen LogP contribution is 2.37. The van der Waals surface area contributed by atoms with E-state index in [9.17, 15) is 22.4 Å². The molecule has 0 aliphatic carbocycles. The van der Waals surface area contributed by atoms with E-state index in [0.717, 1.165) is 0 Å². The first-order chi connectivity index (χ1) is 14.7. The highest BCUT2D eigenvalue weighted by Gasteiger charge is 2.33. The summed E-state index contributed by atoms with van der Waals surface area (Å²) in [6, 6.07) is 6.90. The summed E-state index contributed by atoms with van der Waals surface area (Å²) in [5.41, 5.74) is 0.968. The molecule has 0 saturated carbocycles. The Morgan fingerprint density at radius 2 is 1.87 bits per heavy atom. The number of sulfonamides is 1. The van der Waals surface area contributed by atoms with E-state index >= 15 is 0 Å². The standard InChI is InChI=1S/C20H19ClFN3O5S/c1-12-2-3-13(8-15(12)22)20(27)24-4-6-25(7-5-24)31(28,29)18-10-17-16(9-14(18)21)23-19(26)11-30-17/h2-3,8-10H,4-7,11H2,1H3,(H,23,26). The molecule has 31 heavy (non-hydrogen) atoms. The van der Waals surface area contributed by atoms with E-state index in [0.29, 0.717) is 11.3 Å². The van der Waals surface area contributed by atoms with E-state index < -0.39 is 15.8 Å². The molecule has 2 aromatic carbocycles. The molecule has 4 rings (SSSR count). The Morgan fingerprint density at radius 3 is 2.55 bits per heavy atom. The molecule has 2 aromatic rings. The van der Waals surface area contributed by atoms with Crippen molar-refractivity contribution in [1.82, 2.24) is 9.21 Å². The van der Waals surface area contributed by atoms with Crippen LogP contribution >= 0.6 is 11.6 Å². The van der Waals surface area contributed by atoms with Crippen LogP contribution in [0.3, 0.4) is 0 Å². The van der Waals surface area contributed by atoms with Gasteiger partial charge < -0.3 is 15.0 Å². The molecule has 0 aromatic heterocycles. The summed E-state index contributed by atoms with van der Waals surface area (Å²) in [4.78, 5) is 25.4. The van der Waals surface area contributed by atoms with Crippen LogP contribution < -0.4 is 10.1 Å². The first kappa shape index (κ1) is 21.5. The second-order valence-electron chi connectivity index (χ2n) is 7.28. The van der Waals surface area contributed by atoms with Gasteiger partial charge in [-0.05, 0) is 30.7 Å². The molecule has 1 N–H and O–H groups in total. The van der Waals surface area contributed by atoms with E-state index in [1.54, 1.807) is 13.0 Å². The number of ether oxygens (including phenoxy) is 1. The van der Waals surface area contributed by atoms with Crippen LogP contribution in [-0.2, 0) is 14.8 Å². The first-order valence-corrected chi connectivity index (χ1v) is 11.3. The number of piperazine rings is 1. The fourth-order valence-electron chi connectivity index (χ4n) is 3.46. The van der Waals surface area contributed by atoms with Crippen molar-refractivity contribution < 1.29 is 27.1 Å². The Balaban J connectivity index is 1.50. The molecule has 0 unspecified atom stereocenters. The van der Waals surface area contributed by atoms with E-state index in [1.807, 2.05) is 0 Å². The number of nitrogens with zero attached hydrogens (tertiary/aromatic N) is 2. The summed E-state index contributed by atoms with van der Waals surface area (Å²) in [7, 11) is -3.96. The van der Waals surface area contributed by atoms with Gasteiger partial charge in [0.05, 0.1) is 10.7 Å². The molecule has 164 valence electrons. The third-order valence-corrected chi connectivity index (χ3v) is 7.59. The average molecular weight is 468 g/mol. The molecular formula is C20H19ClFN3O5S. The van der Waals surface area contributed by atoms with Gasteiger partial charge in [0.1, 0.15) is 16.5 Å². The van der Waals surface area contributed by atoms with Crippen LogP contribution in [0.25, 0.3) is 0 Å². The summed E-state index contributed by atoms with van der Waals surface area (Å²) < 4.78 is 46.6. The van der Waals surface area contributed by atoms with Crippen LogP contribution in [0.4, 0.5) is 10.1 Å². The van der Waals surface area contributed by atoms with Gasteiger partial charge in [0, 0.05) is 37.8 Å². The fraction of sp³-hybridized carbons (Fsp3) is 0.300. The molecular weight excluding hydrogens is 449 g/mol. The minimum absolute atomic E-state index is 0.0433. The number of carbonyl (C=O) groups excluding carboxylic acids is 2. The Morgan fingerprint density at radius 1 is 1.16 bits per heavy atom. The zero-order chi connectivity index (χ0) is 22.3. The number of nitrogens with one attached hydrogen (secondary N) is 1. The van der Waals surface area contributed by atoms with Gasteiger partial charge >= 0.3 is 0 Å². The van der Waals surface area contributed by atoms with E-state index in [2.05, 4.69) is 5.32 Å². The molecule has 0 radical (unpaired) electrons. The van der Waals surface area contributed by atoms with Crippen molar-refractivity contribution in [2.24, 2.45) is 0 Å². The van der Waals surface area contributed by atoms with Crippen LogP contribution in [0.2, 0.25) is 5.02 Å². The molecule has 11 heteroatoms. The lowest BCUT2D eigenvalue weighted by Crippen LogP contribution is -2.50. The third kappa shape index (κ3) is 4.10. The molecule has 1 fully saturated rings. The van der Waals surface area contributed by atoms with Crippen LogP contribution in [0.5, 0.6) is 5.75 Å². The van der Waals surface area contributed by atoms with Crippen molar-refractivity contribution in [3.63, 3.8) is 0 Å². The molecule has 2 aliphatic heterocycles. The second kappa shape index (κ2) is 8.10. The number of hydrogen-bond donors (Lipinski definition) is 1. The van der Waals surface area contributed by atoms with Gasteiger partial charge in [-0.15, -0.1) is 0 Å². The minimum atomic E-state index is -3.96. The largest absolute Gasteiger partial charge is 0.482 e. The molecule has 1 saturated heterocycles. The van der Waals surface area contributed by atoms with E-state index in [4.69, 9.17) is 16.3 Å². The summed E-state index contributed by atoms with van der Waals surface area (Å²) in [6.07, 6.45) is 0. The van der Waals surface area contributed by atoms with E-state index in [-0.39, 0.29) is 65.8 Å². The molecule has 2 aliphatic rings. The van der Waals surface area contributed by atoms with Gasteiger partial charge in [-0.2, -0.15) is 4.31 Å². The number of anilines is 1. The number of fused-ring (bicyclic) bond motifs is 1.